The second-order valence-electron chi connectivity index (χ2n) is 6.31. The number of ether oxygens (including phenoxy) is 1. The maximum Gasteiger partial charge on any atom is 0.307 e. The molecule has 0 aliphatic heterocycles. The van der Waals surface area contributed by atoms with Crippen LogP contribution in [0, 0.1) is 0 Å². The van der Waals surface area contributed by atoms with Gasteiger partial charge in [0.05, 0.1) is 19.2 Å². The maximum absolute atomic E-state index is 13.0. The summed E-state index contributed by atoms with van der Waals surface area (Å²) in [5.74, 6) is -0.847. The highest BCUT2D eigenvalue weighted by Crippen LogP contribution is 2.32. The number of hydrogen-bond acceptors (Lipinski definition) is 4. The second kappa shape index (κ2) is 7.37. The highest BCUT2D eigenvalue weighted by molar-refractivity contribution is 7.92. The van der Waals surface area contributed by atoms with E-state index in [0.717, 1.165) is 31.2 Å². The van der Waals surface area contributed by atoms with Gasteiger partial charge in [0.1, 0.15) is 10.6 Å². The number of hydrogen-bond donors (Lipinski definition) is 2. The number of carboxylic acids is 1. The van der Waals surface area contributed by atoms with Crippen LogP contribution in [0.15, 0.2) is 41.3 Å². The van der Waals surface area contributed by atoms with Crippen LogP contribution in [0.25, 0.3) is 0 Å². The van der Waals surface area contributed by atoms with Crippen LogP contribution in [0.3, 0.4) is 0 Å². The number of fused-ring (bicyclic) bond motifs is 1. The molecule has 0 heterocycles. The van der Waals surface area contributed by atoms with Crippen LogP contribution in [-0.4, -0.2) is 26.6 Å². The van der Waals surface area contributed by atoms with Crippen LogP contribution in [0.5, 0.6) is 5.75 Å². The number of rotatable bonds is 6. The van der Waals surface area contributed by atoms with Crippen molar-refractivity contribution in [3.8, 4) is 5.75 Å². The predicted molar refractivity (Wildman–Crippen MR) is 98.2 cm³/mol. The first-order chi connectivity index (χ1) is 12.4. The number of nitrogens with one attached hydrogen (secondary N) is 1. The Morgan fingerprint density at radius 2 is 1.96 bits per heavy atom. The molecule has 26 heavy (non-hydrogen) atoms. The molecule has 0 fully saturated rings. The van der Waals surface area contributed by atoms with E-state index in [1.165, 1.54) is 24.8 Å². The molecule has 0 bridgehead atoms. The Balaban J connectivity index is 1.99. The molecule has 0 aromatic heterocycles. The van der Waals surface area contributed by atoms with Crippen LogP contribution >= 0.6 is 0 Å². The van der Waals surface area contributed by atoms with Gasteiger partial charge in [-0.25, -0.2) is 8.42 Å². The summed E-state index contributed by atoms with van der Waals surface area (Å²) in [6.45, 7) is 0. The molecular weight excluding hydrogens is 354 g/mol. The highest BCUT2D eigenvalue weighted by atomic mass is 32.2. The van der Waals surface area contributed by atoms with Crippen LogP contribution < -0.4 is 9.46 Å². The van der Waals surface area contributed by atoms with Crippen molar-refractivity contribution in [2.24, 2.45) is 0 Å². The van der Waals surface area contributed by atoms with Gasteiger partial charge in [-0.3, -0.25) is 9.52 Å². The lowest BCUT2D eigenvalue weighted by atomic mass is 9.91. The third kappa shape index (κ3) is 3.83. The molecular formula is C19H21NO5S. The first kappa shape index (κ1) is 18.3. The van der Waals surface area contributed by atoms with Crippen molar-refractivity contribution in [2.45, 2.75) is 37.0 Å². The fourth-order valence-electron chi connectivity index (χ4n) is 3.29. The van der Waals surface area contributed by atoms with Crippen molar-refractivity contribution < 1.29 is 23.1 Å². The molecule has 0 atom stereocenters. The second-order valence-corrected chi connectivity index (χ2v) is 7.96. The molecule has 1 aliphatic carbocycles. The fourth-order valence-corrected chi connectivity index (χ4v) is 4.61. The SMILES string of the molecule is COc1ccc(CC(=O)O)cc1S(=O)(=O)Nc1cccc2c1CCCC2. The number of carbonyl (C=O) groups is 1. The van der Waals surface area contributed by atoms with Gasteiger partial charge in [0.2, 0.25) is 0 Å². The van der Waals surface area contributed by atoms with Gasteiger partial charge in [-0.1, -0.05) is 18.2 Å². The number of methoxy groups -OCH3 is 1. The summed E-state index contributed by atoms with van der Waals surface area (Å²) >= 11 is 0. The summed E-state index contributed by atoms with van der Waals surface area (Å²) < 4.78 is 33.8. The third-order valence-corrected chi connectivity index (χ3v) is 5.90. The predicted octanol–water partition coefficient (Wildman–Crippen LogP) is 3.00. The number of sulfonamides is 1. The van der Waals surface area contributed by atoms with Crippen molar-refractivity contribution >= 4 is 21.7 Å². The summed E-state index contributed by atoms with van der Waals surface area (Å²) in [4.78, 5) is 10.9. The molecule has 2 N–H and O–H groups in total. The molecule has 2 aromatic rings. The molecule has 0 saturated carbocycles. The van der Waals surface area contributed by atoms with Gasteiger partial charge in [0.15, 0.2) is 0 Å². The van der Waals surface area contributed by atoms with Crippen LogP contribution in [0.4, 0.5) is 5.69 Å². The van der Waals surface area contributed by atoms with E-state index in [4.69, 9.17) is 9.84 Å². The summed E-state index contributed by atoms with van der Waals surface area (Å²) in [6, 6.07) is 10.0. The molecule has 0 spiro atoms. The first-order valence-electron chi connectivity index (χ1n) is 8.43. The van der Waals surface area contributed by atoms with Crippen molar-refractivity contribution in [3.63, 3.8) is 0 Å². The average molecular weight is 375 g/mol. The van der Waals surface area contributed by atoms with E-state index in [1.807, 2.05) is 12.1 Å². The van der Waals surface area contributed by atoms with Crippen LogP contribution in [-0.2, 0) is 34.1 Å². The zero-order valence-corrected chi connectivity index (χ0v) is 15.3. The summed E-state index contributed by atoms with van der Waals surface area (Å²) in [7, 11) is -2.53. The van der Waals surface area contributed by atoms with Crippen molar-refractivity contribution in [2.75, 3.05) is 11.8 Å². The van der Waals surface area contributed by atoms with Gasteiger partial charge in [0, 0.05) is 0 Å². The van der Waals surface area contributed by atoms with E-state index >= 15 is 0 Å². The minimum absolute atomic E-state index is 0.0628. The zero-order chi connectivity index (χ0) is 18.7. The summed E-state index contributed by atoms with van der Waals surface area (Å²) in [6.07, 6.45) is 3.66. The Hall–Kier alpha value is -2.54. The van der Waals surface area contributed by atoms with Gasteiger partial charge in [-0.15, -0.1) is 0 Å². The number of aliphatic carboxylic acids is 1. The van der Waals surface area contributed by atoms with Gasteiger partial charge >= 0.3 is 5.97 Å². The van der Waals surface area contributed by atoms with Gasteiger partial charge in [-0.05, 0) is 60.6 Å². The van der Waals surface area contributed by atoms with Crippen molar-refractivity contribution in [1.29, 1.82) is 0 Å². The van der Waals surface area contributed by atoms with Crippen LogP contribution in [0.2, 0.25) is 0 Å². The first-order valence-corrected chi connectivity index (χ1v) is 9.91. The normalized spacial score (nSPS) is 13.7. The molecule has 0 unspecified atom stereocenters. The van der Waals surface area contributed by atoms with E-state index in [1.54, 1.807) is 12.1 Å². The van der Waals surface area contributed by atoms with Gasteiger partial charge in [-0.2, -0.15) is 0 Å². The van der Waals surface area contributed by atoms with E-state index < -0.39 is 16.0 Å². The van der Waals surface area contributed by atoms with Crippen molar-refractivity contribution in [3.05, 3.63) is 53.1 Å². The van der Waals surface area contributed by atoms with E-state index in [-0.39, 0.29) is 17.1 Å². The number of aryl methyl sites for hydroxylation is 1. The smallest absolute Gasteiger partial charge is 0.307 e. The van der Waals surface area contributed by atoms with E-state index in [9.17, 15) is 13.2 Å². The Morgan fingerprint density at radius 3 is 2.69 bits per heavy atom. The Bertz CT molecular complexity index is 937. The number of anilines is 1. The quantitative estimate of drug-likeness (QED) is 0.810. The fraction of sp³-hybridized carbons (Fsp3) is 0.316. The lowest BCUT2D eigenvalue weighted by Crippen LogP contribution is -2.17. The maximum atomic E-state index is 13.0. The third-order valence-electron chi connectivity index (χ3n) is 4.51. The largest absolute Gasteiger partial charge is 0.495 e. The lowest BCUT2D eigenvalue weighted by molar-refractivity contribution is -0.136. The van der Waals surface area contributed by atoms with E-state index in [2.05, 4.69) is 4.72 Å². The molecule has 138 valence electrons. The molecule has 3 rings (SSSR count). The molecule has 0 saturated heterocycles. The van der Waals surface area contributed by atoms with E-state index in [0.29, 0.717) is 11.3 Å². The number of benzene rings is 2. The van der Waals surface area contributed by atoms with Crippen molar-refractivity contribution in [1.82, 2.24) is 0 Å². The zero-order valence-electron chi connectivity index (χ0n) is 14.5. The molecule has 6 nitrogen and oxygen atoms in total. The average Bonchev–Trinajstić information content (AvgIpc) is 2.61. The minimum atomic E-state index is -3.92. The Labute approximate surface area is 152 Å². The molecule has 0 amide bonds. The Morgan fingerprint density at radius 1 is 1.19 bits per heavy atom. The van der Waals surface area contributed by atoms with Gasteiger partial charge in [0.25, 0.3) is 10.0 Å². The standard InChI is InChI=1S/C19H21NO5S/c1-25-17-10-9-13(12-19(21)22)11-18(17)26(23,24)20-16-8-4-6-14-5-2-3-7-15(14)16/h4,6,8-11,20H,2-3,5,7,12H2,1H3,(H,21,22). The highest BCUT2D eigenvalue weighted by Gasteiger charge is 2.23. The Kier molecular flexibility index (Phi) is 5.18. The number of carboxylic acid groups (broad SMARTS) is 1. The summed E-state index contributed by atoms with van der Waals surface area (Å²) in [5, 5.41) is 8.96. The minimum Gasteiger partial charge on any atom is -0.495 e. The van der Waals surface area contributed by atoms with Crippen LogP contribution in [0.1, 0.15) is 29.5 Å². The van der Waals surface area contributed by atoms with Gasteiger partial charge < -0.3 is 9.84 Å². The summed E-state index contributed by atoms with van der Waals surface area (Å²) in [5.41, 5.74) is 3.17. The molecule has 1 aliphatic rings. The monoisotopic (exact) mass is 375 g/mol. The molecule has 0 radical (unpaired) electrons. The topological polar surface area (TPSA) is 92.7 Å². The lowest BCUT2D eigenvalue weighted by Gasteiger charge is -2.20. The molecule has 7 heteroatoms. The molecule has 2 aromatic carbocycles.